The van der Waals surface area contributed by atoms with Gasteiger partial charge >= 0.3 is 12.1 Å². The molecule has 0 aromatic carbocycles. The Morgan fingerprint density at radius 3 is 2.24 bits per heavy atom. The molecule has 0 heterocycles. The molecule has 1 rings (SSSR count). The molecule has 0 saturated heterocycles. The average Bonchev–Trinajstić information content (AvgIpc) is 2.64. The van der Waals surface area contributed by atoms with Crippen LogP contribution in [0.1, 0.15) is 25.7 Å². The molecule has 1 atom stereocenters. The van der Waals surface area contributed by atoms with Gasteiger partial charge in [-0.05, 0) is 12.8 Å². The van der Waals surface area contributed by atoms with Crippen LogP contribution in [0.15, 0.2) is 0 Å². The first-order valence-electron chi connectivity index (χ1n) is 5.46. The van der Waals surface area contributed by atoms with E-state index in [0.29, 0.717) is 12.8 Å². The first-order chi connectivity index (χ1) is 7.81. The zero-order valence-corrected chi connectivity index (χ0v) is 9.26. The molecule has 4 nitrogen and oxygen atoms in total. The van der Waals surface area contributed by atoms with Gasteiger partial charge in [0.15, 0.2) is 5.92 Å². The highest BCUT2D eigenvalue weighted by Gasteiger charge is 2.46. The molecule has 1 aliphatic carbocycles. The number of carboxylic acids is 1. The molecule has 0 amide bonds. The summed E-state index contributed by atoms with van der Waals surface area (Å²) in [7, 11) is 0. The topological polar surface area (TPSA) is 69.6 Å². The van der Waals surface area contributed by atoms with Crippen molar-refractivity contribution in [2.45, 2.75) is 37.4 Å². The third-order valence-corrected chi connectivity index (χ3v) is 3.24. The first-order valence-corrected chi connectivity index (χ1v) is 5.46. The average molecular weight is 255 g/mol. The van der Waals surface area contributed by atoms with Crippen molar-refractivity contribution in [1.82, 2.24) is 5.32 Å². The van der Waals surface area contributed by atoms with Crippen LogP contribution in [0.4, 0.5) is 13.2 Å². The SMILES string of the molecule is O=C(O)C(CNC1(CO)CCCC1)C(F)(F)F. The van der Waals surface area contributed by atoms with E-state index in [1.165, 1.54) is 0 Å². The number of hydrogen-bond donors (Lipinski definition) is 3. The summed E-state index contributed by atoms with van der Waals surface area (Å²) in [6, 6.07) is 0. The highest BCUT2D eigenvalue weighted by molar-refractivity contribution is 5.71. The Morgan fingerprint density at radius 2 is 1.88 bits per heavy atom. The van der Waals surface area contributed by atoms with E-state index in [9.17, 15) is 23.1 Å². The Labute approximate surface area is 96.8 Å². The number of hydrogen-bond acceptors (Lipinski definition) is 3. The molecule has 0 aromatic heterocycles. The van der Waals surface area contributed by atoms with E-state index < -0.39 is 30.1 Å². The maximum Gasteiger partial charge on any atom is 0.403 e. The summed E-state index contributed by atoms with van der Waals surface area (Å²) in [5.74, 6) is -4.32. The monoisotopic (exact) mass is 255 g/mol. The van der Waals surface area contributed by atoms with Crippen LogP contribution < -0.4 is 5.32 Å². The number of aliphatic hydroxyl groups is 1. The molecule has 0 aliphatic heterocycles. The number of nitrogens with one attached hydrogen (secondary N) is 1. The van der Waals surface area contributed by atoms with Crippen molar-refractivity contribution in [2.75, 3.05) is 13.2 Å². The number of carbonyl (C=O) groups is 1. The zero-order valence-electron chi connectivity index (χ0n) is 9.26. The number of aliphatic hydroxyl groups excluding tert-OH is 1. The van der Waals surface area contributed by atoms with Crippen molar-refractivity contribution in [3.8, 4) is 0 Å². The van der Waals surface area contributed by atoms with Gasteiger partial charge in [0.25, 0.3) is 0 Å². The van der Waals surface area contributed by atoms with Crippen LogP contribution >= 0.6 is 0 Å². The standard InChI is InChI=1S/C10H16F3NO3/c11-10(12,13)7(8(16)17)5-14-9(6-15)3-1-2-4-9/h7,14-15H,1-6H2,(H,16,17). The second kappa shape index (κ2) is 5.22. The van der Waals surface area contributed by atoms with Crippen LogP contribution in [0.25, 0.3) is 0 Å². The fourth-order valence-electron chi connectivity index (χ4n) is 2.10. The van der Waals surface area contributed by atoms with Crippen molar-refractivity contribution in [1.29, 1.82) is 0 Å². The largest absolute Gasteiger partial charge is 0.481 e. The summed E-state index contributed by atoms with van der Waals surface area (Å²) < 4.78 is 37.2. The molecule has 0 radical (unpaired) electrons. The van der Waals surface area contributed by atoms with Gasteiger partial charge in [0.1, 0.15) is 0 Å². The second-order valence-corrected chi connectivity index (χ2v) is 4.46. The van der Waals surface area contributed by atoms with Gasteiger partial charge in [-0.3, -0.25) is 4.79 Å². The summed E-state index contributed by atoms with van der Waals surface area (Å²) in [5, 5.41) is 20.3. The van der Waals surface area contributed by atoms with Gasteiger partial charge < -0.3 is 15.5 Å². The molecule has 0 bridgehead atoms. The quantitative estimate of drug-likeness (QED) is 0.689. The fourth-order valence-corrected chi connectivity index (χ4v) is 2.10. The minimum absolute atomic E-state index is 0.267. The fraction of sp³-hybridized carbons (Fsp3) is 0.900. The molecule has 1 unspecified atom stereocenters. The molecule has 100 valence electrons. The molecule has 1 fully saturated rings. The maximum absolute atomic E-state index is 12.4. The van der Waals surface area contributed by atoms with Crippen LogP contribution in [0.3, 0.4) is 0 Å². The summed E-state index contributed by atoms with van der Waals surface area (Å²) in [6.07, 6.45) is -1.95. The van der Waals surface area contributed by atoms with E-state index in [0.717, 1.165) is 12.8 Å². The Kier molecular flexibility index (Phi) is 4.37. The van der Waals surface area contributed by atoms with Crippen molar-refractivity contribution in [2.24, 2.45) is 5.92 Å². The third-order valence-electron chi connectivity index (χ3n) is 3.24. The molecular weight excluding hydrogens is 239 g/mol. The van der Waals surface area contributed by atoms with Crippen molar-refractivity contribution >= 4 is 5.97 Å². The molecule has 0 spiro atoms. The van der Waals surface area contributed by atoms with Crippen LogP contribution in [0, 0.1) is 5.92 Å². The van der Waals surface area contributed by atoms with Gasteiger partial charge in [0, 0.05) is 12.1 Å². The number of carboxylic acid groups (broad SMARTS) is 1. The first kappa shape index (κ1) is 14.2. The normalized spacial score (nSPS) is 21.4. The molecule has 7 heteroatoms. The predicted molar refractivity (Wildman–Crippen MR) is 53.5 cm³/mol. The van der Waals surface area contributed by atoms with E-state index in [1.807, 2.05) is 0 Å². The molecule has 0 aromatic rings. The van der Waals surface area contributed by atoms with Gasteiger partial charge in [-0.1, -0.05) is 12.8 Å². The molecule has 1 saturated carbocycles. The van der Waals surface area contributed by atoms with Crippen LogP contribution in [-0.4, -0.2) is 41.0 Å². The summed E-state index contributed by atoms with van der Waals surface area (Å²) in [4.78, 5) is 10.5. The molecular formula is C10H16F3NO3. The minimum atomic E-state index is -4.77. The Bertz CT molecular complexity index is 274. The Morgan fingerprint density at radius 1 is 1.35 bits per heavy atom. The van der Waals surface area contributed by atoms with Gasteiger partial charge in [-0.2, -0.15) is 13.2 Å². The lowest BCUT2D eigenvalue weighted by Gasteiger charge is -2.30. The predicted octanol–water partition coefficient (Wildman–Crippen LogP) is 1.14. The highest BCUT2D eigenvalue weighted by Crippen LogP contribution is 2.31. The van der Waals surface area contributed by atoms with Gasteiger partial charge in [0.2, 0.25) is 0 Å². The Hall–Kier alpha value is -0.820. The maximum atomic E-state index is 12.4. The van der Waals surface area contributed by atoms with Crippen LogP contribution in [0.5, 0.6) is 0 Å². The summed E-state index contributed by atoms with van der Waals surface area (Å²) >= 11 is 0. The van der Waals surface area contributed by atoms with E-state index in [-0.39, 0.29) is 6.61 Å². The van der Waals surface area contributed by atoms with E-state index in [1.54, 1.807) is 0 Å². The van der Waals surface area contributed by atoms with Crippen molar-refractivity contribution < 1.29 is 28.2 Å². The van der Waals surface area contributed by atoms with E-state index in [2.05, 4.69) is 5.32 Å². The van der Waals surface area contributed by atoms with Gasteiger partial charge in [0.05, 0.1) is 6.61 Å². The lowest BCUT2D eigenvalue weighted by Crippen LogP contribution is -2.51. The molecule has 17 heavy (non-hydrogen) atoms. The summed E-state index contributed by atoms with van der Waals surface area (Å²) in [6.45, 7) is -0.962. The minimum Gasteiger partial charge on any atom is -0.481 e. The van der Waals surface area contributed by atoms with Crippen LogP contribution in [-0.2, 0) is 4.79 Å². The molecule has 1 aliphatic rings. The number of alkyl halides is 3. The Balaban J connectivity index is 2.60. The van der Waals surface area contributed by atoms with Gasteiger partial charge in [-0.15, -0.1) is 0 Å². The zero-order chi connectivity index (χ0) is 13.1. The lowest BCUT2D eigenvalue weighted by molar-refractivity contribution is -0.193. The van der Waals surface area contributed by atoms with Gasteiger partial charge in [-0.25, -0.2) is 0 Å². The highest BCUT2D eigenvalue weighted by atomic mass is 19.4. The van der Waals surface area contributed by atoms with Crippen molar-refractivity contribution in [3.63, 3.8) is 0 Å². The third kappa shape index (κ3) is 3.57. The number of halogens is 3. The smallest absolute Gasteiger partial charge is 0.403 e. The number of rotatable bonds is 5. The lowest BCUT2D eigenvalue weighted by atomic mass is 9.97. The second-order valence-electron chi connectivity index (χ2n) is 4.46. The van der Waals surface area contributed by atoms with E-state index in [4.69, 9.17) is 5.11 Å². The number of aliphatic carboxylic acids is 1. The van der Waals surface area contributed by atoms with E-state index >= 15 is 0 Å². The molecule has 3 N–H and O–H groups in total. The van der Waals surface area contributed by atoms with Crippen molar-refractivity contribution in [3.05, 3.63) is 0 Å². The van der Waals surface area contributed by atoms with Crippen LogP contribution in [0.2, 0.25) is 0 Å². The summed E-state index contributed by atoms with van der Waals surface area (Å²) in [5.41, 5.74) is -0.737.